The molecule has 0 saturated carbocycles. The first-order chi connectivity index (χ1) is 4.41. The molecule has 0 unspecified atom stereocenters. The van der Waals surface area contributed by atoms with Crippen LogP contribution in [-0.2, 0) is 0 Å². The molecule has 0 fully saturated rings. The molecule has 0 heterocycles. The van der Waals surface area contributed by atoms with E-state index in [4.69, 9.17) is 11.5 Å². The van der Waals surface area contributed by atoms with E-state index in [2.05, 4.69) is 0 Å². The van der Waals surface area contributed by atoms with Gasteiger partial charge in [0.25, 0.3) is 0 Å². The summed E-state index contributed by atoms with van der Waals surface area (Å²) in [6.45, 7) is 1.32. The lowest BCUT2D eigenvalue weighted by molar-refractivity contribution is 1.01. The Labute approximate surface area is 56.2 Å². The van der Waals surface area contributed by atoms with Gasteiger partial charge in [0.05, 0.1) is 0 Å². The molecule has 0 saturated heterocycles. The fourth-order valence-corrected chi connectivity index (χ4v) is 0.428. The van der Waals surface area contributed by atoms with Crippen LogP contribution in [0.25, 0.3) is 0 Å². The lowest BCUT2D eigenvalue weighted by Gasteiger charge is -1.80. The summed E-state index contributed by atoms with van der Waals surface area (Å²) in [6.07, 6.45) is 8.74. The predicted molar refractivity (Wildman–Crippen MR) is 41.0 cm³/mol. The zero-order valence-corrected chi connectivity index (χ0v) is 5.59. The summed E-state index contributed by atoms with van der Waals surface area (Å²) in [6, 6.07) is 0. The topological polar surface area (TPSA) is 52.0 Å². The summed E-state index contributed by atoms with van der Waals surface area (Å²) in [7, 11) is 0. The maximum Gasteiger partial charge on any atom is 0.0109 e. The molecule has 0 spiro atoms. The van der Waals surface area contributed by atoms with Crippen LogP contribution in [0.2, 0.25) is 0 Å². The molecule has 0 bridgehead atoms. The quantitative estimate of drug-likeness (QED) is 0.536. The third-order valence-corrected chi connectivity index (χ3v) is 0.853. The number of rotatable bonds is 4. The molecule has 0 rings (SSSR count). The molecule has 0 aromatic carbocycles. The third kappa shape index (κ3) is 7.40. The van der Waals surface area contributed by atoms with Gasteiger partial charge >= 0.3 is 0 Å². The molecule has 4 N–H and O–H groups in total. The first-order valence-electron chi connectivity index (χ1n) is 3.13. The normalized spacial score (nSPS) is 11.8. The average molecular weight is 126 g/mol. The summed E-state index contributed by atoms with van der Waals surface area (Å²) in [5.41, 5.74) is 10.4. The lowest BCUT2D eigenvalue weighted by Crippen LogP contribution is -1.95. The van der Waals surface area contributed by atoms with E-state index in [1.54, 1.807) is 0 Å². The average Bonchev–Trinajstić information content (AvgIpc) is 1.89. The van der Waals surface area contributed by atoms with Crippen LogP contribution in [0.1, 0.15) is 6.42 Å². The molecule has 0 aliphatic carbocycles. The summed E-state index contributed by atoms with van der Waals surface area (Å²) in [4.78, 5) is 0. The van der Waals surface area contributed by atoms with Gasteiger partial charge < -0.3 is 11.5 Å². The van der Waals surface area contributed by atoms with Gasteiger partial charge in [0, 0.05) is 6.54 Å². The second kappa shape index (κ2) is 7.40. The van der Waals surface area contributed by atoms with Crippen LogP contribution in [0.5, 0.6) is 0 Å². The Balaban J connectivity index is 3.13. The van der Waals surface area contributed by atoms with Crippen LogP contribution in [-0.4, -0.2) is 13.1 Å². The molecule has 9 heavy (non-hydrogen) atoms. The Hall–Kier alpha value is -0.600. The van der Waals surface area contributed by atoms with Crippen molar-refractivity contribution >= 4 is 0 Å². The first kappa shape index (κ1) is 8.40. The minimum absolute atomic E-state index is 0.604. The molecule has 0 atom stereocenters. The van der Waals surface area contributed by atoms with Gasteiger partial charge in [-0.1, -0.05) is 24.3 Å². The lowest BCUT2D eigenvalue weighted by atomic mass is 10.3. The molecule has 0 aromatic rings. The SMILES string of the molecule is NCC=CC=CCCN. The van der Waals surface area contributed by atoms with Gasteiger partial charge in [-0.2, -0.15) is 0 Å². The van der Waals surface area contributed by atoms with Gasteiger partial charge in [0.2, 0.25) is 0 Å². The van der Waals surface area contributed by atoms with Crippen molar-refractivity contribution in [2.24, 2.45) is 11.5 Å². The number of allylic oxidation sites excluding steroid dienone is 2. The Bertz CT molecular complexity index is 95.1. The highest BCUT2D eigenvalue weighted by molar-refractivity contribution is 5.02. The van der Waals surface area contributed by atoms with E-state index in [-0.39, 0.29) is 0 Å². The first-order valence-corrected chi connectivity index (χ1v) is 3.13. The maximum absolute atomic E-state index is 5.24. The van der Waals surface area contributed by atoms with Gasteiger partial charge in [0.1, 0.15) is 0 Å². The molecule has 0 amide bonds. The molecular weight excluding hydrogens is 112 g/mol. The highest BCUT2D eigenvalue weighted by Gasteiger charge is 1.68. The van der Waals surface area contributed by atoms with Crippen molar-refractivity contribution in [2.75, 3.05) is 13.1 Å². The van der Waals surface area contributed by atoms with E-state index in [1.807, 2.05) is 24.3 Å². The van der Waals surface area contributed by atoms with Crippen LogP contribution >= 0.6 is 0 Å². The molecular formula is C7H14N2. The predicted octanol–water partition coefficient (Wildman–Crippen LogP) is 0.406. The molecule has 52 valence electrons. The molecule has 0 radical (unpaired) electrons. The van der Waals surface area contributed by atoms with Crippen LogP contribution in [0.15, 0.2) is 24.3 Å². The van der Waals surface area contributed by atoms with Crippen LogP contribution in [0.3, 0.4) is 0 Å². The van der Waals surface area contributed by atoms with Crippen molar-refractivity contribution in [3.8, 4) is 0 Å². The smallest absolute Gasteiger partial charge is 0.0109 e. The molecule has 0 aliphatic rings. The Morgan fingerprint density at radius 1 is 1.00 bits per heavy atom. The number of hydrogen-bond acceptors (Lipinski definition) is 2. The molecule has 0 aromatic heterocycles. The second-order valence-electron chi connectivity index (χ2n) is 1.67. The number of hydrogen-bond donors (Lipinski definition) is 2. The molecule has 0 aliphatic heterocycles. The summed E-state index contributed by atoms with van der Waals surface area (Å²) < 4.78 is 0. The fourth-order valence-electron chi connectivity index (χ4n) is 0.428. The highest BCUT2D eigenvalue weighted by atomic mass is 14.5. The monoisotopic (exact) mass is 126 g/mol. The van der Waals surface area contributed by atoms with Crippen LogP contribution < -0.4 is 11.5 Å². The Morgan fingerprint density at radius 2 is 1.67 bits per heavy atom. The van der Waals surface area contributed by atoms with Gasteiger partial charge in [-0.25, -0.2) is 0 Å². The molecule has 2 heteroatoms. The summed E-state index contributed by atoms with van der Waals surface area (Å²) in [5, 5.41) is 0. The zero-order chi connectivity index (χ0) is 6.95. The van der Waals surface area contributed by atoms with Crippen molar-refractivity contribution in [1.29, 1.82) is 0 Å². The van der Waals surface area contributed by atoms with Gasteiger partial charge in [0.15, 0.2) is 0 Å². The second-order valence-corrected chi connectivity index (χ2v) is 1.67. The van der Waals surface area contributed by atoms with Gasteiger partial charge in [-0.3, -0.25) is 0 Å². The largest absolute Gasteiger partial charge is 0.330 e. The fraction of sp³-hybridized carbons (Fsp3) is 0.429. The van der Waals surface area contributed by atoms with Crippen molar-refractivity contribution in [3.63, 3.8) is 0 Å². The van der Waals surface area contributed by atoms with Crippen molar-refractivity contribution in [2.45, 2.75) is 6.42 Å². The Kier molecular flexibility index (Phi) is 6.91. The van der Waals surface area contributed by atoms with Crippen LogP contribution in [0.4, 0.5) is 0 Å². The van der Waals surface area contributed by atoms with Crippen molar-refractivity contribution in [1.82, 2.24) is 0 Å². The Morgan fingerprint density at radius 3 is 2.22 bits per heavy atom. The number of nitrogens with two attached hydrogens (primary N) is 2. The summed E-state index contributed by atoms with van der Waals surface area (Å²) in [5.74, 6) is 0. The zero-order valence-electron chi connectivity index (χ0n) is 5.59. The van der Waals surface area contributed by atoms with E-state index < -0.39 is 0 Å². The third-order valence-electron chi connectivity index (χ3n) is 0.853. The van der Waals surface area contributed by atoms with E-state index in [0.717, 1.165) is 6.42 Å². The minimum atomic E-state index is 0.604. The van der Waals surface area contributed by atoms with Crippen molar-refractivity contribution in [3.05, 3.63) is 24.3 Å². The van der Waals surface area contributed by atoms with E-state index in [1.165, 1.54) is 0 Å². The van der Waals surface area contributed by atoms with Crippen molar-refractivity contribution < 1.29 is 0 Å². The van der Waals surface area contributed by atoms with Gasteiger partial charge in [-0.15, -0.1) is 0 Å². The standard InChI is InChI=1S/C7H14N2/c8-6-4-2-1-3-5-7-9/h1-4H,5-9H2. The maximum atomic E-state index is 5.24. The van der Waals surface area contributed by atoms with E-state index >= 15 is 0 Å². The molecule has 2 nitrogen and oxygen atoms in total. The van der Waals surface area contributed by atoms with E-state index in [0.29, 0.717) is 13.1 Å². The highest BCUT2D eigenvalue weighted by Crippen LogP contribution is 1.79. The van der Waals surface area contributed by atoms with E-state index in [9.17, 15) is 0 Å². The summed E-state index contributed by atoms with van der Waals surface area (Å²) >= 11 is 0. The van der Waals surface area contributed by atoms with Crippen LogP contribution in [0, 0.1) is 0 Å². The van der Waals surface area contributed by atoms with Gasteiger partial charge in [-0.05, 0) is 13.0 Å². The minimum Gasteiger partial charge on any atom is -0.330 e.